The minimum atomic E-state index is -0.829. The highest BCUT2D eigenvalue weighted by molar-refractivity contribution is 8.01. The molecule has 1 aliphatic rings. The molecule has 0 unspecified atom stereocenters. The number of hydrogen-bond donors (Lipinski definition) is 2. The molecule has 2 amide bonds. The molecule has 0 atom stereocenters. The number of thiazole rings is 1. The average Bonchev–Trinajstić information content (AvgIpc) is 3.27. The Labute approximate surface area is 216 Å². The van der Waals surface area contributed by atoms with Crippen molar-refractivity contribution < 1.29 is 19.4 Å². The second kappa shape index (κ2) is 12.7. The normalized spacial score (nSPS) is 18.3. The Morgan fingerprint density at radius 2 is 1.97 bits per heavy atom. The van der Waals surface area contributed by atoms with Gasteiger partial charge in [0.25, 0.3) is 0 Å². The van der Waals surface area contributed by atoms with E-state index in [9.17, 15) is 14.7 Å². The second-order valence-electron chi connectivity index (χ2n) is 9.98. The van der Waals surface area contributed by atoms with Crippen molar-refractivity contribution in [1.82, 2.24) is 9.88 Å². The number of carbonyl (C=O) groups excluding carboxylic acids is 1. The summed E-state index contributed by atoms with van der Waals surface area (Å²) in [4.78, 5) is 30.9. The van der Waals surface area contributed by atoms with E-state index in [4.69, 9.17) is 4.74 Å². The van der Waals surface area contributed by atoms with Gasteiger partial charge in [-0.2, -0.15) is 0 Å². The first-order valence-corrected chi connectivity index (χ1v) is 14.0. The number of aliphatic carboxylic acids is 1. The predicted molar refractivity (Wildman–Crippen MR) is 142 cm³/mol. The molecule has 2 N–H and O–H groups in total. The maximum absolute atomic E-state index is 13.3. The lowest BCUT2D eigenvalue weighted by Gasteiger charge is -2.36. The molecule has 1 saturated carbocycles. The van der Waals surface area contributed by atoms with Crippen LogP contribution in [0, 0.1) is 18.3 Å². The van der Waals surface area contributed by atoms with Crippen molar-refractivity contribution in [3.63, 3.8) is 0 Å². The quantitative estimate of drug-likeness (QED) is 0.268. The van der Waals surface area contributed by atoms with Gasteiger partial charge in [-0.15, -0.1) is 11.8 Å². The fraction of sp³-hybridized carbons (Fsp3) is 0.577. The van der Waals surface area contributed by atoms with E-state index in [-0.39, 0.29) is 12.1 Å². The number of benzene rings is 1. The Kier molecular flexibility index (Phi) is 10.0. The summed E-state index contributed by atoms with van der Waals surface area (Å²) in [5, 5.41) is 12.8. The first kappa shape index (κ1) is 27.5. The van der Waals surface area contributed by atoms with Crippen LogP contribution in [0.25, 0.3) is 0 Å². The van der Waals surface area contributed by atoms with E-state index in [1.807, 2.05) is 17.0 Å². The third kappa shape index (κ3) is 8.22. The number of thioether (sulfide) groups is 1. The number of ether oxygens (including phenoxy) is 1. The molecule has 0 bridgehead atoms. The number of amides is 2. The van der Waals surface area contributed by atoms with Crippen LogP contribution in [0.3, 0.4) is 0 Å². The van der Waals surface area contributed by atoms with Crippen LogP contribution in [-0.4, -0.2) is 51.9 Å². The maximum Gasteiger partial charge on any atom is 0.323 e. The molecule has 3 rings (SSSR count). The average molecular weight is 520 g/mol. The Hall–Kier alpha value is -2.10. The molecular formula is C26H37N3O4S2. The van der Waals surface area contributed by atoms with Crippen molar-refractivity contribution in [1.29, 1.82) is 0 Å². The van der Waals surface area contributed by atoms with Crippen molar-refractivity contribution in [3.8, 4) is 0 Å². The molecule has 1 aromatic heterocycles. The highest BCUT2D eigenvalue weighted by atomic mass is 32.2. The van der Waals surface area contributed by atoms with Gasteiger partial charge in [-0.1, -0.05) is 42.5 Å². The largest absolute Gasteiger partial charge is 0.481 e. The first-order valence-electron chi connectivity index (χ1n) is 12.2. The third-order valence-corrected chi connectivity index (χ3v) is 9.10. The third-order valence-electron chi connectivity index (χ3n) is 6.53. The van der Waals surface area contributed by atoms with Gasteiger partial charge < -0.3 is 14.7 Å². The van der Waals surface area contributed by atoms with Gasteiger partial charge in [-0.25, -0.2) is 9.78 Å². The SMILES string of the molecule is Cc1ccccc1COCCN(C(=O)Nc1ncc(SCC(C)(C)C(=O)O)s1)C1CCC(C)CC1. The molecule has 2 aromatic rings. The van der Waals surface area contributed by atoms with Crippen LogP contribution >= 0.6 is 23.1 Å². The van der Waals surface area contributed by atoms with Crippen LogP contribution in [0.5, 0.6) is 0 Å². The zero-order valence-electron chi connectivity index (χ0n) is 21.1. The standard InChI is InChI=1S/C26H37N3O4S2/c1-18-9-11-21(12-10-18)29(13-14-33-16-20-8-6-5-7-19(20)2)25(32)28-24-27-15-22(35-24)34-17-26(3,4)23(30)31/h5-8,15,18,21H,9-14,16-17H2,1-4H3,(H,30,31)(H,27,28,32). The molecule has 35 heavy (non-hydrogen) atoms. The monoisotopic (exact) mass is 519 g/mol. The molecular weight excluding hydrogens is 482 g/mol. The number of rotatable bonds is 11. The topological polar surface area (TPSA) is 91.8 Å². The number of carboxylic acids is 1. The van der Waals surface area contributed by atoms with Gasteiger partial charge in [-0.3, -0.25) is 10.1 Å². The number of nitrogens with zero attached hydrogens (tertiary/aromatic N) is 2. The summed E-state index contributed by atoms with van der Waals surface area (Å²) in [6.07, 6.45) is 5.93. The molecule has 9 heteroatoms. The number of anilines is 1. The van der Waals surface area contributed by atoms with Crippen molar-refractivity contribution >= 4 is 40.2 Å². The second-order valence-corrected chi connectivity index (χ2v) is 12.3. The van der Waals surface area contributed by atoms with E-state index < -0.39 is 11.4 Å². The number of hydrogen-bond acceptors (Lipinski definition) is 6. The van der Waals surface area contributed by atoms with Gasteiger partial charge in [0.2, 0.25) is 0 Å². The summed E-state index contributed by atoms with van der Waals surface area (Å²) in [6.45, 7) is 9.28. The van der Waals surface area contributed by atoms with Gasteiger partial charge in [0.05, 0.1) is 29.0 Å². The van der Waals surface area contributed by atoms with Crippen molar-refractivity contribution in [2.45, 2.75) is 70.2 Å². The Bertz CT molecular complexity index is 986. The van der Waals surface area contributed by atoms with Crippen molar-refractivity contribution in [2.24, 2.45) is 11.3 Å². The summed E-state index contributed by atoms with van der Waals surface area (Å²) in [7, 11) is 0. The maximum atomic E-state index is 13.3. The summed E-state index contributed by atoms with van der Waals surface area (Å²) in [5.74, 6) is 0.301. The lowest BCUT2D eigenvalue weighted by atomic mass is 9.86. The van der Waals surface area contributed by atoms with E-state index in [1.165, 1.54) is 28.7 Å². The lowest BCUT2D eigenvalue weighted by Crippen LogP contribution is -2.46. The molecule has 7 nitrogen and oxygen atoms in total. The van der Waals surface area contributed by atoms with E-state index in [0.717, 1.165) is 35.5 Å². The van der Waals surface area contributed by atoms with Gasteiger partial charge in [0, 0.05) is 18.3 Å². The van der Waals surface area contributed by atoms with E-state index in [1.54, 1.807) is 20.0 Å². The van der Waals surface area contributed by atoms with Gasteiger partial charge in [-0.05, 0) is 63.5 Å². The summed E-state index contributed by atoms with van der Waals surface area (Å²) in [5.41, 5.74) is 1.53. The molecule has 192 valence electrons. The van der Waals surface area contributed by atoms with Crippen LogP contribution < -0.4 is 5.32 Å². The van der Waals surface area contributed by atoms with E-state index in [0.29, 0.717) is 36.6 Å². The van der Waals surface area contributed by atoms with Crippen LogP contribution in [0.15, 0.2) is 34.7 Å². The fourth-order valence-electron chi connectivity index (χ4n) is 3.98. The van der Waals surface area contributed by atoms with Crippen LogP contribution in [0.1, 0.15) is 57.6 Å². The summed E-state index contributed by atoms with van der Waals surface area (Å²) < 4.78 is 6.83. The first-order chi connectivity index (χ1) is 16.7. The molecule has 0 radical (unpaired) electrons. The fourth-order valence-corrected chi connectivity index (χ4v) is 5.92. The van der Waals surface area contributed by atoms with Crippen molar-refractivity contribution in [2.75, 3.05) is 24.2 Å². The van der Waals surface area contributed by atoms with Gasteiger partial charge >= 0.3 is 12.0 Å². The van der Waals surface area contributed by atoms with E-state index in [2.05, 4.69) is 36.3 Å². The predicted octanol–water partition coefficient (Wildman–Crippen LogP) is 6.28. The van der Waals surface area contributed by atoms with Crippen molar-refractivity contribution in [3.05, 3.63) is 41.6 Å². The van der Waals surface area contributed by atoms with Crippen LogP contribution in [-0.2, 0) is 16.1 Å². The number of nitrogens with one attached hydrogen (secondary N) is 1. The zero-order valence-corrected chi connectivity index (χ0v) is 22.7. The molecule has 1 aliphatic carbocycles. The number of aromatic nitrogens is 1. The van der Waals surface area contributed by atoms with E-state index >= 15 is 0 Å². The molecule has 1 heterocycles. The molecule has 0 saturated heterocycles. The zero-order chi connectivity index (χ0) is 25.4. The van der Waals surface area contributed by atoms with Gasteiger partial charge in [0.15, 0.2) is 5.13 Å². The number of aryl methyl sites for hydroxylation is 1. The van der Waals surface area contributed by atoms with Crippen LogP contribution in [0.2, 0.25) is 0 Å². The highest BCUT2D eigenvalue weighted by Crippen LogP contribution is 2.34. The summed E-state index contributed by atoms with van der Waals surface area (Å²) in [6, 6.07) is 8.21. The summed E-state index contributed by atoms with van der Waals surface area (Å²) >= 11 is 2.82. The Morgan fingerprint density at radius 3 is 2.66 bits per heavy atom. The molecule has 1 fully saturated rings. The minimum Gasteiger partial charge on any atom is -0.481 e. The van der Waals surface area contributed by atoms with Crippen LogP contribution in [0.4, 0.5) is 9.93 Å². The number of carbonyl (C=O) groups is 2. The Balaban J connectivity index is 1.57. The molecule has 1 aromatic carbocycles. The molecule has 0 aliphatic heterocycles. The number of urea groups is 1. The lowest BCUT2D eigenvalue weighted by molar-refractivity contribution is -0.145. The Morgan fingerprint density at radius 1 is 1.26 bits per heavy atom. The smallest absolute Gasteiger partial charge is 0.323 e. The minimum absolute atomic E-state index is 0.152. The molecule has 0 spiro atoms. The van der Waals surface area contributed by atoms with Gasteiger partial charge in [0.1, 0.15) is 0 Å². The highest BCUT2D eigenvalue weighted by Gasteiger charge is 2.29. The number of carboxylic acid groups (broad SMARTS) is 1.